The van der Waals surface area contributed by atoms with Crippen molar-refractivity contribution in [1.29, 1.82) is 0 Å². The molecule has 21 heavy (non-hydrogen) atoms. The third-order valence-corrected chi connectivity index (χ3v) is 3.58. The standard InChI is InChI=1S/C13H14N4O3S/c1-8-6-9(12(19)20)11(21-8)16-10(18)7-17(2)13-14-4-3-5-15-13/h3-6H,7H2,1-2H3,(H,16,18)(H,19,20). The Labute approximate surface area is 125 Å². The Balaban J connectivity index is 2.04. The van der Waals surface area contributed by atoms with Crippen molar-refractivity contribution in [3.05, 3.63) is 35.0 Å². The lowest BCUT2D eigenvalue weighted by Gasteiger charge is -2.15. The van der Waals surface area contributed by atoms with Crippen LogP contribution in [0.5, 0.6) is 0 Å². The van der Waals surface area contributed by atoms with Crippen molar-refractivity contribution < 1.29 is 14.7 Å². The maximum atomic E-state index is 12.0. The van der Waals surface area contributed by atoms with E-state index in [1.54, 1.807) is 37.3 Å². The van der Waals surface area contributed by atoms with Gasteiger partial charge in [-0.2, -0.15) is 0 Å². The number of rotatable bonds is 5. The van der Waals surface area contributed by atoms with Gasteiger partial charge in [-0.1, -0.05) is 0 Å². The molecule has 0 unspecified atom stereocenters. The van der Waals surface area contributed by atoms with Crippen molar-refractivity contribution >= 4 is 34.2 Å². The topological polar surface area (TPSA) is 95.4 Å². The lowest BCUT2D eigenvalue weighted by Crippen LogP contribution is -2.31. The van der Waals surface area contributed by atoms with Crippen LogP contribution in [0.25, 0.3) is 0 Å². The summed E-state index contributed by atoms with van der Waals surface area (Å²) >= 11 is 1.23. The van der Waals surface area contributed by atoms with Crippen molar-refractivity contribution in [3.63, 3.8) is 0 Å². The summed E-state index contributed by atoms with van der Waals surface area (Å²) in [5.41, 5.74) is 0.101. The lowest BCUT2D eigenvalue weighted by atomic mass is 10.3. The first-order valence-corrected chi connectivity index (χ1v) is 6.90. The number of carbonyl (C=O) groups is 2. The zero-order valence-electron chi connectivity index (χ0n) is 11.5. The molecule has 0 aliphatic heterocycles. The first kappa shape index (κ1) is 14.9. The summed E-state index contributed by atoms with van der Waals surface area (Å²) in [4.78, 5) is 33.5. The number of carboxylic acid groups (broad SMARTS) is 1. The Morgan fingerprint density at radius 1 is 1.38 bits per heavy atom. The number of aryl methyl sites for hydroxylation is 1. The number of hydrogen-bond acceptors (Lipinski definition) is 6. The molecular weight excluding hydrogens is 292 g/mol. The van der Waals surface area contributed by atoms with Crippen LogP contribution in [0.1, 0.15) is 15.2 Å². The van der Waals surface area contributed by atoms with Gasteiger partial charge in [0.05, 0.1) is 12.1 Å². The van der Waals surface area contributed by atoms with Gasteiger partial charge in [0.25, 0.3) is 0 Å². The minimum absolute atomic E-state index is 0.0278. The van der Waals surface area contributed by atoms with Crippen LogP contribution in [-0.4, -0.2) is 40.5 Å². The molecule has 7 nitrogen and oxygen atoms in total. The summed E-state index contributed by atoms with van der Waals surface area (Å²) in [6.45, 7) is 1.82. The second-order valence-electron chi connectivity index (χ2n) is 4.36. The molecule has 8 heteroatoms. The molecule has 2 heterocycles. The van der Waals surface area contributed by atoms with E-state index in [0.29, 0.717) is 10.9 Å². The highest BCUT2D eigenvalue weighted by Crippen LogP contribution is 2.27. The van der Waals surface area contributed by atoms with Crippen molar-refractivity contribution in [2.45, 2.75) is 6.92 Å². The van der Waals surface area contributed by atoms with Crippen molar-refractivity contribution in [2.75, 3.05) is 23.8 Å². The molecule has 2 aromatic rings. The minimum Gasteiger partial charge on any atom is -0.478 e. The number of carbonyl (C=O) groups excluding carboxylic acids is 1. The number of amides is 1. The number of aromatic carboxylic acids is 1. The molecule has 0 spiro atoms. The van der Waals surface area contributed by atoms with E-state index >= 15 is 0 Å². The van der Waals surface area contributed by atoms with Crippen LogP contribution in [0.4, 0.5) is 10.9 Å². The average Bonchev–Trinajstić information content (AvgIpc) is 2.80. The van der Waals surface area contributed by atoms with Gasteiger partial charge in [-0.3, -0.25) is 4.79 Å². The molecule has 0 saturated carbocycles. The second-order valence-corrected chi connectivity index (χ2v) is 5.61. The molecule has 0 bridgehead atoms. The highest BCUT2D eigenvalue weighted by atomic mass is 32.1. The number of carboxylic acids is 1. The van der Waals surface area contributed by atoms with E-state index in [4.69, 9.17) is 5.11 Å². The van der Waals surface area contributed by atoms with Crippen LogP contribution in [0, 0.1) is 6.92 Å². The summed E-state index contributed by atoms with van der Waals surface area (Å²) in [6.07, 6.45) is 3.17. The zero-order valence-corrected chi connectivity index (χ0v) is 12.3. The number of thiophene rings is 1. The smallest absolute Gasteiger partial charge is 0.338 e. The van der Waals surface area contributed by atoms with Gasteiger partial charge >= 0.3 is 5.97 Å². The summed E-state index contributed by atoms with van der Waals surface area (Å²) < 4.78 is 0. The third-order valence-electron chi connectivity index (χ3n) is 2.61. The van der Waals surface area contributed by atoms with Gasteiger partial charge < -0.3 is 15.3 Å². The van der Waals surface area contributed by atoms with E-state index in [-0.39, 0.29) is 18.0 Å². The van der Waals surface area contributed by atoms with Gasteiger partial charge in [-0.05, 0) is 19.1 Å². The van der Waals surface area contributed by atoms with Crippen LogP contribution in [-0.2, 0) is 4.79 Å². The Kier molecular flexibility index (Phi) is 4.49. The number of aromatic nitrogens is 2. The molecule has 0 aliphatic carbocycles. The molecule has 0 aliphatic rings. The first-order valence-electron chi connectivity index (χ1n) is 6.09. The summed E-state index contributed by atoms with van der Waals surface area (Å²) in [5.74, 6) is -0.961. The molecule has 1 amide bonds. The fourth-order valence-electron chi connectivity index (χ4n) is 1.71. The highest BCUT2D eigenvalue weighted by molar-refractivity contribution is 7.16. The number of nitrogens with one attached hydrogen (secondary N) is 1. The molecule has 0 saturated heterocycles. The average molecular weight is 306 g/mol. The highest BCUT2D eigenvalue weighted by Gasteiger charge is 2.17. The van der Waals surface area contributed by atoms with E-state index in [2.05, 4.69) is 15.3 Å². The number of anilines is 2. The van der Waals surface area contributed by atoms with Crippen LogP contribution in [0.2, 0.25) is 0 Å². The molecule has 0 atom stereocenters. The predicted molar refractivity (Wildman–Crippen MR) is 79.9 cm³/mol. The van der Waals surface area contributed by atoms with Gasteiger partial charge in [0.15, 0.2) is 0 Å². The van der Waals surface area contributed by atoms with Crippen molar-refractivity contribution in [1.82, 2.24) is 9.97 Å². The molecule has 0 fully saturated rings. The van der Waals surface area contributed by atoms with Gasteiger partial charge in [0.2, 0.25) is 11.9 Å². The van der Waals surface area contributed by atoms with Crippen LogP contribution >= 0.6 is 11.3 Å². The van der Waals surface area contributed by atoms with Gasteiger partial charge in [0, 0.05) is 24.3 Å². The zero-order chi connectivity index (χ0) is 15.4. The molecule has 0 radical (unpaired) electrons. The van der Waals surface area contributed by atoms with Crippen molar-refractivity contribution in [3.8, 4) is 0 Å². The Bertz CT molecular complexity index is 657. The van der Waals surface area contributed by atoms with E-state index in [1.165, 1.54) is 17.4 Å². The Morgan fingerprint density at radius 3 is 2.67 bits per heavy atom. The molecule has 2 N–H and O–H groups in total. The quantitative estimate of drug-likeness (QED) is 0.871. The summed E-state index contributed by atoms with van der Waals surface area (Å²) in [7, 11) is 1.69. The second kappa shape index (κ2) is 6.31. The van der Waals surface area contributed by atoms with Crippen LogP contribution < -0.4 is 10.2 Å². The van der Waals surface area contributed by atoms with Crippen LogP contribution in [0.3, 0.4) is 0 Å². The van der Waals surface area contributed by atoms with E-state index < -0.39 is 5.97 Å². The summed E-state index contributed by atoms with van der Waals surface area (Å²) in [6, 6.07) is 3.22. The van der Waals surface area contributed by atoms with E-state index in [0.717, 1.165) is 4.88 Å². The Morgan fingerprint density at radius 2 is 2.05 bits per heavy atom. The molecule has 0 aromatic carbocycles. The first-order chi connectivity index (χ1) is 9.97. The predicted octanol–water partition coefficient (Wildman–Crippen LogP) is 1.62. The molecule has 2 aromatic heterocycles. The SMILES string of the molecule is Cc1cc(C(=O)O)c(NC(=O)CN(C)c2ncccn2)s1. The third kappa shape index (κ3) is 3.76. The fraction of sp³-hybridized carbons (Fsp3) is 0.231. The normalized spacial score (nSPS) is 10.2. The monoisotopic (exact) mass is 306 g/mol. The maximum Gasteiger partial charge on any atom is 0.338 e. The lowest BCUT2D eigenvalue weighted by molar-refractivity contribution is -0.114. The largest absolute Gasteiger partial charge is 0.478 e. The van der Waals surface area contributed by atoms with Crippen LogP contribution in [0.15, 0.2) is 24.5 Å². The van der Waals surface area contributed by atoms with E-state index in [1.807, 2.05) is 0 Å². The number of likely N-dealkylation sites (N-methyl/N-ethyl adjacent to an activating group) is 1. The Hall–Kier alpha value is -2.48. The fourth-order valence-corrected chi connectivity index (χ4v) is 2.63. The molecular formula is C13H14N4O3S. The van der Waals surface area contributed by atoms with Crippen molar-refractivity contribution in [2.24, 2.45) is 0 Å². The summed E-state index contributed by atoms with van der Waals surface area (Å²) in [5, 5.41) is 12.0. The van der Waals surface area contributed by atoms with Gasteiger partial charge in [0.1, 0.15) is 5.00 Å². The minimum atomic E-state index is -1.06. The molecule has 110 valence electrons. The van der Waals surface area contributed by atoms with E-state index in [9.17, 15) is 9.59 Å². The number of nitrogens with zero attached hydrogens (tertiary/aromatic N) is 3. The maximum absolute atomic E-state index is 12.0. The van der Waals surface area contributed by atoms with Gasteiger partial charge in [-0.25, -0.2) is 14.8 Å². The van der Waals surface area contributed by atoms with Gasteiger partial charge in [-0.15, -0.1) is 11.3 Å². The number of hydrogen-bond donors (Lipinski definition) is 2. The molecule has 2 rings (SSSR count).